The van der Waals surface area contributed by atoms with Crippen LogP contribution in [-0.2, 0) is 43.0 Å². The average molecular weight is 819 g/mol. The Hall–Kier alpha value is -3.69. The van der Waals surface area contributed by atoms with Crippen LogP contribution in [0.4, 0.5) is 0 Å². The second-order valence-electron chi connectivity index (χ2n) is 16.9. The maximum Gasteiger partial charge on any atom is 0.475 e. The molecule has 4 aliphatic heterocycles. The van der Waals surface area contributed by atoms with Gasteiger partial charge in [-0.1, -0.05) is 13.8 Å². The lowest BCUT2D eigenvalue weighted by atomic mass is 9.78. The molecule has 0 radical (unpaired) electrons. The van der Waals surface area contributed by atoms with Crippen LogP contribution in [0.15, 0.2) is 0 Å². The van der Waals surface area contributed by atoms with Crippen LogP contribution in [0.5, 0.6) is 0 Å². The van der Waals surface area contributed by atoms with Crippen molar-refractivity contribution in [2.24, 2.45) is 17.8 Å². The van der Waals surface area contributed by atoms with Gasteiger partial charge in [-0.3, -0.25) is 53.2 Å². The summed E-state index contributed by atoms with van der Waals surface area (Å²) in [5.41, 5.74) is 0. The lowest BCUT2D eigenvalue weighted by molar-refractivity contribution is -0.190. The molecule has 5 N–H and O–H groups in total. The molecule has 58 heavy (non-hydrogen) atoms. The molecule has 5 fully saturated rings. The van der Waals surface area contributed by atoms with E-state index in [0.29, 0.717) is 91.1 Å². The number of likely N-dealkylation sites (tertiary alicyclic amines) is 1. The summed E-state index contributed by atoms with van der Waals surface area (Å²) < 4.78 is 10.9. The van der Waals surface area contributed by atoms with Gasteiger partial charge in [-0.15, -0.1) is 0 Å². The van der Waals surface area contributed by atoms with Crippen molar-refractivity contribution in [3.05, 3.63) is 0 Å². The number of Topliss-reactive ketones (excluding diaryl/α,β-unsaturated/α-hetero) is 1. The van der Waals surface area contributed by atoms with Crippen LogP contribution in [-0.4, -0.2) is 199 Å². The summed E-state index contributed by atoms with van der Waals surface area (Å²) >= 11 is 0. The first-order chi connectivity index (χ1) is 27.6. The van der Waals surface area contributed by atoms with Gasteiger partial charge in [0.1, 0.15) is 12.1 Å². The van der Waals surface area contributed by atoms with Crippen LogP contribution in [0.2, 0.25) is 0 Å². The molecule has 19 nitrogen and oxygen atoms in total. The number of carbonyl (C=O) groups excluding carboxylic acids is 7. The Morgan fingerprint density at radius 2 is 1.33 bits per heavy atom. The number of ether oxygens (including phenoxy) is 2. The first-order valence-electron chi connectivity index (χ1n) is 21.0. The van der Waals surface area contributed by atoms with Crippen LogP contribution in [0.25, 0.3) is 0 Å². The molecule has 0 aromatic carbocycles. The fourth-order valence-electron chi connectivity index (χ4n) is 8.49. The Bertz CT molecular complexity index is 1440. The first kappa shape index (κ1) is 45.4. The molecule has 4 bridgehead atoms. The first-order valence-corrected chi connectivity index (χ1v) is 21.0. The Morgan fingerprint density at radius 3 is 1.90 bits per heavy atom. The van der Waals surface area contributed by atoms with E-state index in [1.165, 1.54) is 4.90 Å². The van der Waals surface area contributed by atoms with Crippen LogP contribution in [0.3, 0.4) is 0 Å². The number of nitrogens with one attached hydrogen (secondary N) is 3. The van der Waals surface area contributed by atoms with E-state index in [4.69, 9.17) is 9.47 Å². The van der Waals surface area contributed by atoms with Gasteiger partial charge in [-0.05, 0) is 57.3 Å². The number of fused-ring (bicyclic) bond motifs is 7. The van der Waals surface area contributed by atoms with Gasteiger partial charge >= 0.3 is 19.1 Å². The molecule has 5 atom stereocenters. The number of nitrogens with zero attached hydrogens (tertiary/aromatic N) is 5. The van der Waals surface area contributed by atoms with E-state index in [0.717, 1.165) is 12.8 Å². The predicted molar refractivity (Wildman–Crippen MR) is 209 cm³/mol. The highest BCUT2D eigenvalue weighted by Crippen LogP contribution is 2.29. The van der Waals surface area contributed by atoms with Gasteiger partial charge in [0.2, 0.25) is 23.6 Å². The molecule has 4 saturated heterocycles. The summed E-state index contributed by atoms with van der Waals surface area (Å²) in [7, 11) is -1.66. The lowest BCUT2D eigenvalue weighted by Gasteiger charge is -2.33. The Labute approximate surface area is 341 Å². The molecule has 0 spiro atoms. The summed E-state index contributed by atoms with van der Waals surface area (Å²) in [5.74, 6) is -3.65. The van der Waals surface area contributed by atoms with E-state index in [1.807, 2.05) is 33.4 Å². The smallest absolute Gasteiger partial charge is 0.426 e. The van der Waals surface area contributed by atoms with Crippen LogP contribution >= 0.6 is 0 Å². The van der Waals surface area contributed by atoms with E-state index in [-0.39, 0.29) is 68.0 Å². The van der Waals surface area contributed by atoms with Crippen molar-refractivity contribution in [2.45, 2.75) is 90.0 Å². The number of amides is 4. The van der Waals surface area contributed by atoms with Crippen molar-refractivity contribution < 1.29 is 53.1 Å². The largest absolute Gasteiger partial charge is 0.475 e. The molecule has 324 valence electrons. The summed E-state index contributed by atoms with van der Waals surface area (Å²) in [4.78, 5) is 101. The molecule has 1 saturated carbocycles. The molecule has 2 unspecified atom stereocenters. The molecule has 20 heteroatoms. The number of hydrogen-bond donors (Lipinski definition) is 5. The van der Waals surface area contributed by atoms with Gasteiger partial charge in [0.15, 0.2) is 5.78 Å². The topological polar surface area (TPSA) is 231 Å². The number of hydrogen-bond acceptors (Lipinski definition) is 15. The van der Waals surface area contributed by atoms with Crippen molar-refractivity contribution in [1.82, 2.24) is 40.4 Å². The minimum absolute atomic E-state index is 0.0355. The summed E-state index contributed by atoms with van der Waals surface area (Å²) in [6.45, 7) is 10.4. The fourth-order valence-corrected chi connectivity index (χ4v) is 8.49. The van der Waals surface area contributed by atoms with E-state index in [1.54, 1.807) is 6.92 Å². The Kier molecular flexibility index (Phi) is 16.9. The monoisotopic (exact) mass is 818 g/mol. The third-order valence-corrected chi connectivity index (χ3v) is 12.0. The summed E-state index contributed by atoms with van der Waals surface area (Å²) in [5, 5.41) is 28.0. The number of carbonyl (C=O) groups is 7. The molecule has 5 rings (SSSR count). The molecule has 4 heterocycles. The molecule has 5 aliphatic rings. The standard InChI is InChI=1S/C38H63BN8O11/c1-25(2)35(37(53)41-26(3)38(54)47-10-4-5-30(47)39(55)56)42-36(52)28-8-6-27(7-9-28)20-40-31(49)22-44-13-17-45-15-11-43-12-16-46(18-14-44)24-33(51)58-34(19-29(48)21-43)57-32(50)23-45/h25-28,30,34-35,55-56H,4-24H2,1-3H3,(H,40,49)(H,41,53)(H,42,52)/t26-,27-,28-,30+,35+/m1/s1. The number of rotatable bonds is 11. The highest BCUT2D eigenvalue weighted by atomic mass is 16.7. The third kappa shape index (κ3) is 13.4. The molecule has 4 amide bonds. The van der Waals surface area contributed by atoms with Crippen molar-refractivity contribution >= 4 is 48.5 Å². The fraction of sp³-hybridized carbons (Fsp3) is 0.816. The van der Waals surface area contributed by atoms with E-state index in [9.17, 15) is 43.6 Å². The second-order valence-corrected chi connectivity index (χ2v) is 16.9. The van der Waals surface area contributed by atoms with Gasteiger partial charge in [-0.2, -0.15) is 0 Å². The summed E-state index contributed by atoms with van der Waals surface area (Å²) in [6, 6.07) is -1.76. The second kappa shape index (κ2) is 21.5. The van der Waals surface area contributed by atoms with Crippen LogP contribution in [0, 0.1) is 17.8 Å². The van der Waals surface area contributed by atoms with Gasteiger partial charge in [0, 0.05) is 71.4 Å². The van der Waals surface area contributed by atoms with Gasteiger partial charge < -0.3 is 40.4 Å². The third-order valence-electron chi connectivity index (χ3n) is 12.0. The zero-order chi connectivity index (χ0) is 41.9. The van der Waals surface area contributed by atoms with E-state index in [2.05, 4.69) is 16.0 Å². The minimum Gasteiger partial charge on any atom is -0.426 e. The van der Waals surface area contributed by atoms with Crippen LogP contribution < -0.4 is 16.0 Å². The molecule has 0 aromatic rings. The Balaban J connectivity index is 1.08. The molecular formula is C38H63BN8O11. The predicted octanol–water partition coefficient (Wildman–Crippen LogP) is -2.82. The Morgan fingerprint density at radius 1 is 0.759 bits per heavy atom. The van der Waals surface area contributed by atoms with Crippen molar-refractivity contribution in [3.8, 4) is 0 Å². The lowest BCUT2D eigenvalue weighted by Crippen LogP contribution is -2.57. The SMILES string of the molecule is CC(C)[C@H](NC(=O)[C@H]1CC[C@H](CNC(=O)CN2CCN3CCN4CCN(CC2)CC(=O)OC(CC(=O)C4)OC(=O)C3)CC1)C(=O)N[C@H](C)C(=O)N1CCC[C@H]1B(O)O. The normalized spacial score (nSPS) is 30.1. The zero-order valence-electron chi connectivity index (χ0n) is 34.3. The van der Waals surface area contributed by atoms with Gasteiger partial charge in [0.25, 0.3) is 6.29 Å². The summed E-state index contributed by atoms with van der Waals surface area (Å²) in [6.07, 6.45) is 2.31. The highest BCUT2D eigenvalue weighted by Gasteiger charge is 2.40. The van der Waals surface area contributed by atoms with Crippen molar-refractivity contribution in [3.63, 3.8) is 0 Å². The van der Waals surface area contributed by atoms with Crippen molar-refractivity contribution in [2.75, 3.05) is 91.6 Å². The molecule has 1 aliphatic carbocycles. The van der Waals surface area contributed by atoms with Gasteiger partial charge in [-0.25, -0.2) is 0 Å². The van der Waals surface area contributed by atoms with E-state index < -0.39 is 55.2 Å². The minimum atomic E-state index is -1.66. The zero-order valence-corrected chi connectivity index (χ0v) is 34.3. The molecular weight excluding hydrogens is 755 g/mol. The molecule has 0 aromatic heterocycles. The van der Waals surface area contributed by atoms with Crippen molar-refractivity contribution in [1.29, 1.82) is 0 Å². The number of ketones is 1. The maximum atomic E-state index is 13.4. The maximum absolute atomic E-state index is 13.4. The van der Waals surface area contributed by atoms with Crippen LogP contribution in [0.1, 0.15) is 65.7 Å². The quantitative estimate of drug-likeness (QED) is 0.105. The average Bonchev–Trinajstić information content (AvgIpc) is 3.65. The number of esters is 2. The van der Waals surface area contributed by atoms with Gasteiger partial charge in [0.05, 0.1) is 38.5 Å². The van der Waals surface area contributed by atoms with E-state index >= 15 is 0 Å². The highest BCUT2D eigenvalue weighted by molar-refractivity contribution is 6.43.